The van der Waals surface area contributed by atoms with E-state index in [2.05, 4.69) is 0 Å². The largest absolute Gasteiger partial charge is 0.467 e. The number of benzene rings is 1. The molecule has 0 unspecified atom stereocenters. The van der Waals surface area contributed by atoms with Gasteiger partial charge in [-0.25, -0.2) is 17.9 Å². The van der Waals surface area contributed by atoms with Crippen molar-refractivity contribution in [2.45, 2.75) is 19.8 Å². The second kappa shape index (κ2) is 9.89. The first-order valence-electron chi connectivity index (χ1n) is 7.30. The number of amides is 1. The van der Waals surface area contributed by atoms with Crippen LogP contribution < -0.4 is 9.46 Å². The van der Waals surface area contributed by atoms with E-state index in [0.717, 1.165) is 6.42 Å². The van der Waals surface area contributed by atoms with Crippen LogP contribution in [0.4, 0.5) is 4.79 Å². The van der Waals surface area contributed by atoms with Gasteiger partial charge in [-0.3, -0.25) is 4.79 Å². The molecule has 0 saturated heterocycles. The summed E-state index contributed by atoms with van der Waals surface area (Å²) < 4.78 is 40.1. The van der Waals surface area contributed by atoms with Gasteiger partial charge in [0.15, 0.2) is 12.6 Å². The predicted octanol–water partition coefficient (Wildman–Crippen LogP) is 1.71. The van der Waals surface area contributed by atoms with Gasteiger partial charge in [-0.2, -0.15) is 0 Å². The first-order chi connectivity index (χ1) is 11.4. The number of hydrogen-bond donors (Lipinski definition) is 1. The van der Waals surface area contributed by atoms with Gasteiger partial charge < -0.3 is 14.2 Å². The van der Waals surface area contributed by atoms with Crippen LogP contribution in [0.5, 0.6) is 5.75 Å². The lowest BCUT2D eigenvalue weighted by Gasteiger charge is -2.10. The van der Waals surface area contributed by atoms with Crippen molar-refractivity contribution in [2.75, 3.05) is 26.3 Å². The number of sulfonamides is 1. The summed E-state index contributed by atoms with van der Waals surface area (Å²) >= 11 is 0. The van der Waals surface area contributed by atoms with E-state index in [0.29, 0.717) is 6.42 Å². The summed E-state index contributed by atoms with van der Waals surface area (Å²) in [4.78, 5) is 23.6. The lowest BCUT2D eigenvalue weighted by Crippen LogP contribution is -2.35. The minimum absolute atomic E-state index is 0.0827. The molecule has 8 nitrogen and oxygen atoms in total. The minimum Gasteiger partial charge on any atom is -0.467 e. The summed E-state index contributed by atoms with van der Waals surface area (Å²) in [5.74, 6) is -1.41. The molecule has 1 rings (SSSR count). The van der Waals surface area contributed by atoms with Crippen LogP contribution in [0, 0.1) is 0 Å². The molecule has 0 saturated carbocycles. The van der Waals surface area contributed by atoms with Crippen LogP contribution in [-0.2, 0) is 19.5 Å². The molecule has 9 heteroatoms. The Bertz CT molecular complexity index is 658. The van der Waals surface area contributed by atoms with E-state index in [4.69, 9.17) is 14.2 Å². The maximum Gasteiger partial charge on any atom is 0.420 e. The summed E-state index contributed by atoms with van der Waals surface area (Å²) in [7, 11) is -2.74. The molecule has 0 spiro atoms. The van der Waals surface area contributed by atoms with Gasteiger partial charge in [0, 0.05) is 7.11 Å². The van der Waals surface area contributed by atoms with Gasteiger partial charge in [-0.1, -0.05) is 25.5 Å². The Morgan fingerprint density at radius 2 is 1.92 bits per heavy atom. The Labute approximate surface area is 141 Å². The summed E-state index contributed by atoms with van der Waals surface area (Å²) in [6.07, 6.45) is 0.327. The van der Waals surface area contributed by atoms with Crippen molar-refractivity contribution in [3.8, 4) is 5.75 Å². The van der Waals surface area contributed by atoms with Crippen molar-refractivity contribution in [2.24, 2.45) is 0 Å². The highest BCUT2D eigenvalue weighted by molar-refractivity contribution is 7.90. The van der Waals surface area contributed by atoms with E-state index in [-0.39, 0.29) is 24.7 Å². The average Bonchev–Trinajstić information content (AvgIpc) is 2.52. The third kappa shape index (κ3) is 6.97. The molecule has 0 heterocycles. The van der Waals surface area contributed by atoms with E-state index in [1.54, 1.807) is 16.9 Å². The summed E-state index contributed by atoms with van der Waals surface area (Å²) in [5, 5.41) is 0. The number of para-hydroxylation sites is 1. The zero-order valence-corrected chi connectivity index (χ0v) is 14.4. The Kier molecular flexibility index (Phi) is 8.20. The van der Waals surface area contributed by atoms with Crippen LogP contribution >= 0.6 is 0 Å². The number of ether oxygens (including phenoxy) is 3. The number of hydrogen-bond acceptors (Lipinski definition) is 7. The number of Topliss-reactive ketones (excluding diaryl/α,β-unsaturated/α-hetero) is 1. The van der Waals surface area contributed by atoms with Crippen LogP contribution in [0.1, 0.15) is 30.1 Å². The Balaban J connectivity index is 2.70. The Hall–Kier alpha value is -2.13. The van der Waals surface area contributed by atoms with Crippen LogP contribution in [0.25, 0.3) is 0 Å². The molecule has 1 amide bonds. The highest BCUT2D eigenvalue weighted by Crippen LogP contribution is 2.19. The number of carbonyl (C=O) groups is 2. The highest BCUT2D eigenvalue weighted by atomic mass is 32.2. The highest BCUT2D eigenvalue weighted by Gasteiger charge is 2.23. The normalized spacial score (nSPS) is 10.9. The van der Waals surface area contributed by atoms with Gasteiger partial charge in [0.1, 0.15) is 11.5 Å². The molecule has 0 aliphatic rings. The average molecular weight is 359 g/mol. The van der Waals surface area contributed by atoms with Crippen LogP contribution in [0.3, 0.4) is 0 Å². The lowest BCUT2D eigenvalue weighted by molar-refractivity contribution is 0.0503. The number of rotatable bonds is 10. The van der Waals surface area contributed by atoms with Crippen molar-refractivity contribution in [1.82, 2.24) is 4.72 Å². The monoisotopic (exact) mass is 359 g/mol. The number of unbranched alkanes of at least 4 members (excludes halogenated alkanes) is 1. The number of methoxy groups -OCH3 is 1. The van der Waals surface area contributed by atoms with Gasteiger partial charge >= 0.3 is 6.09 Å². The standard InChI is InChI=1S/C15H21NO7S/c1-3-4-9-22-15(18)16-24(19,20)10-13(17)12-7-5-6-8-14(12)23-11-21-2/h5-8H,3-4,9-11H2,1-2H3,(H,16,18). The molecular weight excluding hydrogens is 338 g/mol. The third-order valence-electron chi connectivity index (χ3n) is 2.81. The summed E-state index contributed by atoms with van der Waals surface area (Å²) in [6.45, 7) is 1.93. The van der Waals surface area contributed by atoms with Crippen LogP contribution in [0.15, 0.2) is 24.3 Å². The molecule has 0 radical (unpaired) electrons. The topological polar surface area (TPSA) is 108 Å². The molecule has 1 aromatic rings. The zero-order chi connectivity index (χ0) is 18.0. The van der Waals surface area contributed by atoms with E-state index >= 15 is 0 Å². The van der Waals surface area contributed by atoms with E-state index in [9.17, 15) is 18.0 Å². The molecule has 0 aliphatic heterocycles. The molecular formula is C15H21NO7S. The molecule has 24 heavy (non-hydrogen) atoms. The zero-order valence-electron chi connectivity index (χ0n) is 13.6. The number of carbonyl (C=O) groups excluding carboxylic acids is 2. The molecule has 1 aromatic carbocycles. The SMILES string of the molecule is CCCCOC(=O)NS(=O)(=O)CC(=O)c1ccccc1OCOC. The second-order valence-corrected chi connectivity index (χ2v) is 6.54. The van der Waals surface area contributed by atoms with E-state index < -0.39 is 27.7 Å². The third-order valence-corrected chi connectivity index (χ3v) is 3.93. The smallest absolute Gasteiger partial charge is 0.420 e. The first kappa shape index (κ1) is 19.9. The predicted molar refractivity (Wildman–Crippen MR) is 86.5 cm³/mol. The van der Waals surface area contributed by atoms with Gasteiger partial charge in [0.25, 0.3) is 0 Å². The molecule has 0 aliphatic carbocycles. The lowest BCUT2D eigenvalue weighted by atomic mass is 10.1. The minimum atomic E-state index is -4.16. The molecule has 0 aromatic heterocycles. The van der Waals surface area contributed by atoms with E-state index in [1.807, 2.05) is 6.92 Å². The first-order valence-corrected chi connectivity index (χ1v) is 8.96. The molecule has 134 valence electrons. The molecule has 0 atom stereocenters. The fourth-order valence-corrected chi connectivity index (χ4v) is 2.58. The van der Waals surface area contributed by atoms with Crippen molar-refractivity contribution in [3.05, 3.63) is 29.8 Å². The van der Waals surface area contributed by atoms with Crippen molar-refractivity contribution in [1.29, 1.82) is 0 Å². The maximum atomic E-state index is 12.2. The van der Waals surface area contributed by atoms with Gasteiger partial charge in [0.2, 0.25) is 10.0 Å². The Morgan fingerprint density at radius 3 is 2.58 bits per heavy atom. The Morgan fingerprint density at radius 1 is 1.21 bits per heavy atom. The van der Waals surface area contributed by atoms with Gasteiger partial charge in [-0.05, 0) is 18.6 Å². The van der Waals surface area contributed by atoms with Gasteiger partial charge in [0.05, 0.1) is 12.2 Å². The van der Waals surface area contributed by atoms with Crippen molar-refractivity contribution >= 4 is 21.9 Å². The fourth-order valence-electron chi connectivity index (χ4n) is 1.70. The van der Waals surface area contributed by atoms with Crippen LogP contribution in [0.2, 0.25) is 0 Å². The maximum absolute atomic E-state index is 12.2. The molecule has 1 N–H and O–H groups in total. The van der Waals surface area contributed by atoms with Crippen molar-refractivity contribution < 1.29 is 32.2 Å². The van der Waals surface area contributed by atoms with Crippen molar-refractivity contribution in [3.63, 3.8) is 0 Å². The second-order valence-electron chi connectivity index (χ2n) is 4.82. The van der Waals surface area contributed by atoms with Gasteiger partial charge in [-0.15, -0.1) is 0 Å². The molecule has 0 fully saturated rings. The fraction of sp³-hybridized carbons (Fsp3) is 0.467. The summed E-state index contributed by atoms with van der Waals surface area (Å²) in [6, 6.07) is 6.17. The quantitative estimate of drug-likeness (QED) is 0.385. The molecule has 0 bridgehead atoms. The van der Waals surface area contributed by atoms with Crippen LogP contribution in [-0.4, -0.2) is 46.6 Å². The van der Waals surface area contributed by atoms with E-state index in [1.165, 1.54) is 19.2 Å². The number of nitrogens with one attached hydrogen (secondary N) is 1. The number of ketones is 1. The summed E-state index contributed by atoms with van der Waals surface area (Å²) in [5.41, 5.74) is 0.0827.